The number of nitrogens with zero attached hydrogens (tertiary/aromatic N) is 2. The molecule has 0 radical (unpaired) electrons. The number of amidine groups is 1. The summed E-state index contributed by atoms with van der Waals surface area (Å²) < 4.78 is 0. The van der Waals surface area contributed by atoms with E-state index in [0.717, 1.165) is 10.6 Å². The molecule has 4 heteroatoms. The molecule has 0 spiro atoms. The SMILES string of the molecule is CC1(C)/C(=C\C(=O)c2ccccc2)N=C(c2ccccc2)N1O. The van der Waals surface area contributed by atoms with Crippen molar-refractivity contribution < 1.29 is 10.0 Å². The number of rotatable bonds is 3. The Morgan fingerprint density at radius 1 is 1.04 bits per heavy atom. The van der Waals surface area contributed by atoms with E-state index in [2.05, 4.69) is 4.99 Å². The Kier molecular flexibility index (Phi) is 3.84. The molecule has 0 atom stereocenters. The lowest BCUT2D eigenvalue weighted by Gasteiger charge is -2.28. The zero-order valence-electron chi connectivity index (χ0n) is 13.1. The first-order valence-corrected chi connectivity index (χ1v) is 7.45. The second-order valence-electron chi connectivity index (χ2n) is 5.93. The van der Waals surface area contributed by atoms with Crippen LogP contribution in [0.2, 0.25) is 0 Å². The molecule has 0 saturated heterocycles. The van der Waals surface area contributed by atoms with Crippen LogP contribution in [-0.2, 0) is 0 Å². The number of hydrogen-bond acceptors (Lipinski definition) is 4. The maximum atomic E-state index is 12.4. The number of allylic oxidation sites excluding steroid dienone is 1. The van der Waals surface area contributed by atoms with Crippen molar-refractivity contribution in [3.63, 3.8) is 0 Å². The van der Waals surface area contributed by atoms with Gasteiger partial charge in [0.05, 0.1) is 5.70 Å². The molecule has 0 saturated carbocycles. The Morgan fingerprint density at radius 2 is 1.61 bits per heavy atom. The Hall–Kier alpha value is -2.72. The zero-order chi connectivity index (χ0) is 16.4. The van der Waals surface area contributed by atoms with Gasteiger partial charge in [0.2, 0.25) is 0 Å². The molecule has 2 aromatic carbocycles. The summed E-state index contributed by atoms with van der Waals surface area (Å²) in [6.45, 7) is 3.66. The maximum absolute atomic E-state index is 12.4. The lowest BCUT2D eigenvalue weighted by atomic mass is 9.99. The Labute approximate surface area is 135 Å². The van der Waals surface area contributed by atoms with Crippen LogP contribution in [0.15, 0.2) is 77.4 Å². The minimum absolute atomic E-state index is 0.125. The van der Waals surface area contributed by atoms with E-state index in [4.69, 9.17) is 0 Å². The predicted octanol–water partition coefficient (Wildman–Crippen LogP) is 3.68. The summed E-state index contributed by atoms with van der Waals surface area (Å²) >= 11 is 0. The van der Waals surface area contributed by atoms with Crippen LogP contribution in [0.4, 0.5) is 0 Å². The number of benzene rings is 2. The molecule has 1 aliphatic rings. The average molecular weight is 306 g/mol. The summed E-state index contributed by atoms with van der Waals surface area (Å²) in [4.78, 5) is 16.9. The van der Waals surface area contributed by atoms with Crippen molar-refractivity contribution in [1.82, 2.24) is 5.06 Å². The van der Waals surface area contributed by atoms with Gasteiger partial charge in [-0.3, -0.25) is 10.0 Å². The first-order valence-electron chi connectivity index (χ1n) is 7.45. The van der Waals surface area contributed by atoms with E-state index in [1.807, 2.05) is 62.4 Å². The zero-order valence-corrected chi connectivity index (χ0v) is 13.1. The highest BCUT2D eigenvalue weighted by atomic mass is 16.5. The molecule has 0 aromatic heterocycles. The third kappa shape index (κ3) is 2.81. The summed E-state index contributed by atoms with van der Waals surface area (Å²) in [6, 6.07) is 18.5. The molecule has 1 heterocycles. The first kappa shape index (κ1) is 15.2. The van der Waals surface area contributed by atoms with Crippen LogP contribution >= 0.6 is 0 Å². The van der Waals surface area contributed by atoms with E-state index in [-0.39, 0.29) is 5.78 Å². The Bertz CT molecular complexity index is 778. The molecule has 0 fully saturated rings. The third-order valence-corrected chi connectivity index (χ3v) is 3.94. The molecule has 23 heavy (non-hydrogen) atoms. The summed E-state index contributed by atoms with van der Waals surface area (Å²) in [5, 5.41) is 11.6. The first-order chi connectivity index (χ1) is 11.0. The largest absolute Gasteiger partial charge is 0.289 e. The van der Waals surface area contributed by atoms with E-state index in [9.17, 15) is 10.0 Å². The summed E-state index contributed by atoms with van der Waals surface area (Å²) in [5.41, 5.74) is 1.17. The van der Waals surface area contributed by atoms with Crippen molar-refractivity contribution in [2.24, 2.45) is 4.99 Å². The fourth-order valence-electron chi connectivity index (χ4n) is 2.46. The van der Waals surface area contributed by atoms with Crippen LogP contribution in [0, 0.1) is 0 Å². The molecular formula is C19H18N2O2. The van der Waals surface area contributed by atoms with Crippen LogP contribution < -0.4 is 0 Å². The van der Waals surface area contributed by atoms with Crippen molar-refractivity contribution in [1.29, 1.82) is 0 Å². The molecule has 0 aliphatic carbocycles. The van der Waals surface area contributed by atoms with Crippen LogP contribution in [0.5, 0.6) is 0 Å². The monoisotopic (exact) mass is 306 g/mol. The predicted molar refractivity (Wildman–Crippen MR) is 89.5 cm³/mol. The van der Waals surface area contributed by atoms with Gasteiger partial charge in [-0.25, -0.2) is 10.1 Å². The van der Waals surface area contributed by atoms with Crippen molar-refractivity contribution in [3.05, 3.63) is 83.6 Å². The summed E-state index contributed by atoms with van der Waals surface area (Å²) in [5.74, 6) is 0.322. The minimum Gasteiger partial charge on any atom is -0.289 e. The van der Waals surface area contributed by atoms with Crippen LogP contribution in [0.3, 0.4) is 0 Å². The van der Waals surface area contributed by atoms with Gasteiger partial charge in [0.1, 0.15) is 5.54 Å². The Morgan fingerprint density at radius 3 is 2.22 bits per heavy atom. The molecule has 2 aromatic rings. The van der Waals surface area contributed by atoms with Gasteiger partial charge in [-0.1, -0.05) is 60.7 Å². The van der Waals surface area contributed by atoms with Crippen LogP contribution in [-0.4, -0.2) is 27.4 Å². The van der Waals surface area contributed by atoms with E-state index >= 15 is 0 Å². The number of ketones is 1. The quantitative estimate of drug-likeness (QED) is 0.695. The van der Waals surface area contributed by atoms with E-state index < -0.39 is 5.54 Å². The van der Waals surface area contributed by atoms with Crippen molar-refractivity contribution >= 4 is 11.6 Å². The van der Waals surface area contributed by atoms with Crippen molar-refractivity contribution in [2.45, 2.75) is 19.4 Å². The molecule has 116 valence electrons. The van der Waals surface area contributed by atoms with Gasteiger partial charge in [-0.2, -0.15) is 0 Å². The molecule has 1 aliphatic heterocycles. The van der Waals surface area contributed by atoms with Crippen molar-refractivity contribution in [2.75, 3.05) is 0 Å². The van der Waals surface area contributed by atoms with Gasteiger partial charge in [-0.15, -0.1) is 0 Å². The standard InChI is InChI=1S/C19H18N2O2/c1-19(2)17(13-16(22)14-9-5-3-6-10-14)20-18(21(19)23)15-11-7-4-8-12-15/h3-13,23H,1-2H3/b17-13+. The summed E-state index contributed by atoms with van der Waals surface area (Å²) in [6.07, 6.45) is 1.49. The molecule has 0 bridgehead atoms. The molecule has 0 amide bonds. The molecule has 3 rings (SSSR count). The molecular weight excluding hydrogens is 288 g/mol. The lowest BCUT2D eigenvalue weighted by molar-refractivity contribution is -0.0684. The van der Waals surface area contributed by atoms with Crippen molar-refractivity contribution in [3.8, 4) is 0 Å². The normalized spacial score (nSPS) is 18.1. The van der Waals surface area contributed by atoms with Gasteiger partial charge >= 0.3 is 0 Å². The van der Waals surface area contributed by atoms with Gasteiger partial charge in [-0.05, 0) is 13.8 Å². The van der Waals surface area contributed by atoms with E-state index in [1.54, 1.807) is 12.1 Å². The molecule has 0 unspecified atom stereocenters. The molecule has 4 nitrogen and oxygen atoms in total. The summed E-state index contributed by atoms with van der Waals surface area (Å²) in [7, 11) is 0. The second-order valence-corrected chi connectivity index (χ2v) is 5.93. The van der Waals surface area contributed by atoms with Crippen LogP contribution in [0.1, 0.15) is 29.8 Å². The Balaban J connectivity index is 1.99. The topological polar surface area (TPSA) is 52.9 Å². The fraction of sp³-hybridized carbons (Fsp3) is 0.158. The maximum Gasteiger partial charge on any atom is 0.187 e. The minimum atomic E-state index is -0.768. The number of hydroxylamine groups is 2. The van der Waals surface area contributed by atoms with Crippen LogP contribution in [0.25, 0.3) is 0 Å². The lowest BCUT2D eigenvalue weighted by Crippen LogP contribution is -2.41. The highest BCUT2D eigenvalue weighted by Crippen LogP contribution is 2.32. The van der Waals surface area contributed by atoms with Gasteiger partial charge in [0.15, 0.2) is 11.6 Å². The van der Waals surface area contributed by atoms with E-state index in [0.29, 0.717) is 17.1 Å². The number of aliphatic imine (C=N–C) groups is 1. The fourth-order valence-corrected chi connectivity index (χ4v) is 2.46. The third-order valence-electron chi connectivity index (χ3n) is 3.94. The van der Waals surface area contributed by atoms with E-state index in [1.165, 1.54) is 6.08 Å². The number of carbonyl (C=O) groups is 1. The molecule has 1 N–H and O–H groups in total. The van der Waals surface area contributed by atoms with Gasteiger partial charge < -0.3 is 0 Å². The average Bonchev–Trinajstić information content (AvgIpc) is 2.80. The number of hydrogen-bond donors (Lipinski definition) is 1. The second kappa shape index (κ2) is 5.82. The number of carbonyl (C=O) groups excluding carboxylic acids is 1. The van der Waals surface area contributed by atoms with Gasteiger partial charge in [0, 0.05) is 17.2 Å². The smallest absolute Gasteiger partial charge is 0.187 e. The highest BCUT2D eigenvalue weighted by molar-refractivity contribution is 6.07. The van der Waals surface area contributed by atoms with Gasteiger partial charge in [0.25, 0.3) is 0 Å². The highest BCUT2D eigenvalue weighted by Gasteiger charge is 2.39.